The van der Waals surface area contributed by atoms with Crippen molar-refractivity contribution >= 4 is 23.3 Å². The van der Waals surface area contributed by atoms with Crippen LogP contribution in [0.3, 0.4) is 0 Å². The molecule has 1 aliphatic rings. The lowest BCUT2D eigenvalue weighted by Crippen LogP contribution is -2.47. The Morgan fingerprint density at radius 3 is 2.91 bits per heavy atom. The van der Waals surface area contributed by atoms with E-state index in [0.29, 0.717) is 6.42 Å². The molecule has 0 radical (unpaired) electrons. The van der Waals surface area contributed by atoms with Gasteiger partial charge in [-0.25, -0.2) is 9.18 Å². The van der Waals surface area contributed by atoms with Gasteiger partial charge in [0.1, 0.15) is 6.07 Å². The van der Waals surface area contributed by atoms with Gasteiger partial charge in [-0.05, 0) is 25.5 Å². The summed E-state index contributed by atoms with van der Waals surface area (Å²) in [6.07, 6.45) is -1.42. The van der Waals surface area contributed by atoms with Gasteiger partial charge in [-0.15, -0.1) is 0 Å². The molecule has 0 aliphatic carbocycles. The van der Waals surface area contributed by atoms with Crippen molar-refractivity contribution in [2.45, 2.75) is 31.6 Å². The summed E-state index contributed by atoms with van der Waals surface area (Å²) in [6.45, 7) is 1.72. The highest BCUT2D eigenvalue weighted by atomic mass is 35.5. The Labute approximate surface area is 131 Å². The highest BCUT2D eigenvalue weighted by Crippen LogP contribution is 2.27. The zero-order valence-corrected chi connectivity index (χ0v) is 12.5. The number of nitrogens with one attached hydrogen (secondary N) is 1. The molecule has 0 aromatic heterocycles. The molecule has 2 rings (SSSR count). The average molecular weight is 328 g/mol. The number of nitriles is 1. The van der Waals surface area contributed by atoms with Crippen LogP contribution in [0.25, 0.3) is 0 Å². The summed E-state index contributed by atoms with van der Waals surface area (Å²) in [7, 11) is 0. The van der Waals surface area contributed by atoms with Crippen molar-refractivity contribution in [1.82, 2.24) is 4.90 Å². The molecular formula is C14H15ClFN3O3. The fraction of sp³-hybridized carbons (Fsp3) is 0.429. The summed E-state index contributed by atoms with van der Waals surface area (Å²) in [5.41, 5.74) is -0.199. The summed E-state index contributed by atoms with van der Waals surface area (Å²) < 4.78 is 14.0. The van der Waals surface area contributed by atoms with Crippen molar-refractivity contribution in [3.05, 3.63) is 28.5 Å². The molecule has 1 aromatic carbocycles. The number of benzene rings is 1. The molecule has 118 valence electrons. The van der Waals surface area contributed by atoms with Crippen LogP contribution in [0.2, 0.25) is 5.02 Å². The standard InChI is InChI=1S/C14H15ClFN3O3/c1-7(20)13-10(21)4-5-19(13)14(22)18-9-3-2-8(6-17)11(15)12(9)16/h2-3,7,10,13,20-21H,4-5H2,1H3,(H,18,22)/t7-,10?,13+/m0/s1. The molecule has 0 bridgehead atoms. The first kappa shape index (κ1) is 16.5. The Morgan fingerprint density at radius 2 is 2.32 bits per heavy atom. The molecule has 22 heavy (non-hydrogen) atoms. The van der Waals surface area contributed by atoms with Crippen LogP contribution in [0.15, 0.2) is 12.1 Å². The van der Waals surface area contributed by atoms with E-state index in [1.165, 1.54) is 24.0 Å². The second-order valence-electron chi connectivity index (χ2n) is 5.11. The van der Waals surface area contributed by atoms with E-state index in [1.54, 1.807) is 6.07 Å². The molecule has 1 saturated heterocycles. The lowest BCUT2D eigenvalue weighted by molar-refractivity contribution is 0.0387. The Bertz CT molecular complexity index is 632. The maximum atomic E-state index is 14.0. The first-order valence-corrected chi connectivity index (χ1v) is 7.06. The third kappa shape index (κ3) is 2.99. The van der Waals surface area contributed by atoms with E-state index in [2.05, 4.69) is 5.32 Å². The Kier molecular flexibility index (Phi) is 4.86. The maximum absolute atomic E-state index is 14.0. The fourth-order valence-corrected chi connectivity index (χ4v) is 2.74. The van der Waals surface area contributed by atoms with Gasteiger partial charge in [0.05, 0.1) is 34.5 Å². The molecule has 6 nitrogen and oxygen atoms in total. The lowest BCUT2D eigenvalue weighted by Gasteiger charge is -2.28. The van der Waals surface area contributed by atoms with Crippen molar-refractivity contribution in [3.8, 4) is 6.07 Å². The summed E-state index contributed by atoms with van der Waals surface area (Å²) in [5, 5.41) is 30.2. The third-order valence-corrected chi connectivity index (χ3v) is 3.99. The normalized spacial score (nSPS) is 22.3. The summed E-state index contributed by atoms with van der Waals surface area (Å²) in [5.74, 6) is -0.901. The number of rotatable bonds is 2. The summed E-state index contributed by atoms with van der Waals surface area (Å²) in [4.78, 5) is 13.5. The van der Waals surface area contributed by atoms with Gasteiger partial charge in [-0.3, -0.25) is 0 Å². The van der Waals surface area contributed by atoms with E-state index in [9.17, 15) is 19.4 Å². The predicted octanol–water partition coefficient (Wildman–Crippen LogP) is 1.70. The van der Waals surface area contributed by atoms with Crippen molar-refractivity contribution in [2.75, 3.05) is 11.9 Å². The van der Waals surface area contributed by atoms with Gasteiger partial charge in [0, 0.05) is 6.54 Å². The number of urea groups is 1. The van der Waals surface area contributed by atoms with E-state index in [-0.39, 0.29) is 22.8 Å². The van der Waals surface area contributed by atoms with Crippen molar-refractivity contribution in [1.29, 1.82) is 5.26 Å². The molecule has 1 fully saturated rings. The van der Waals surface area contributed by atoms with Crippen LogP contribution in [0.5, 0.6) is 0 Å². The first-order chi connectivity index (χ1) is 10.4. The Morgan fingerprint density at radius 1 is 1.64 bits per heavy atom. The number of hydrogen-bond acceptors (Lipinski definition) is 4. The number of aliphatic hydroxyl groups is 2. The lowest BCUT2D eigenvalue weighted by atomic mass is 10.1. The first-order valence-electron chi connectivity index (χ1n) is 6.68. The van der Waals surface area contributed by atoms with Gasteiger partial charge in [0.15, 0.2) is 5.82 Å². The van der Waals surface area contributed by atoms with Gasteiger partial charge >= 0.3 is 6.03 Å². The molecular weight excluding hydrogens is 313 g/mol. The molecule has 3 atom stereocenters. The molecule has 1 heterocycles. The molecule has 8 heteroatoms. The molecule has 0 saturated carbocycles. The minimum atomic E-state index is -0.919. The Balaban J connectivity index is 2.20. The minimum Gasteiger partial charge on any atom is -0.391 e. The summed E-state index contributed by atoms with van der Waals surface area (Å²) in [6, 6.07) is 2.87. The van der Waals surface area contributed by atoms with Crippen LogP contribution >= 0.6 is 11.6 Å². The van der Waals surface area contributed by atoms with E-state index >= 15 is 0 Å². The number of carbonyl (C=O) groups excluding carboxylic acids is 1. The number of likely N-dealkylation sites (tertiary alicyclic amines) is 1. The fourth-order valence-electron chi connectivity index (χ4n) is 2.54. The highest BCUT2D eigenvalue weighted by Gasteiger charge is 2.39. The van der Waals surface area contributed by atoms with E-state index in [4.69, 9.17) is 16.9 Å². The van der Waals surface area contributed by atoms with Crippen LogP contribution in [-0.4, -0.2) is 45.9 Å². The molecule has 0 spiro atoms. The number of anilines is 1. The van der Waals surface area contributed by atoms with Crippen molar-refractivity contribution in [3.63, 3.8) is 0 Å². The van der Waals surface area contributed by atoms with Crippen molar-refractivity contribution in [2.24, 2.45) is 0 Å². The number of halogens is 2. The molecule has 3 N–H and O–H groups in total. The van der Waals surface area contributed by atoms with Crippen LogP contribution in [0.4, 0.5) is 14.9 Å². The molecule has 1 aliphatic heterocycles. The molecule has 2 amide bonds. The van der Waals surface area contributed by atoms with Gasteiger partial charge < -0.3 is 20.4 Å². The topological polar surface area (TPSA) is 96.6 Å². The quantitative estimate of drug-likeness (QED) is 0.770. The maximum Gasteiger partial charge on any atom is 0.322 e. The largest absolute Gasteiger partial charge is 0.391 e. The monoisotopic (exact) mass is 327 g/mol. The number of hydrogen-bond donors (Lipinski definition) is 3. The van der Waals surface area contributed by atoms with Crippen LogP contribution in [0.1, 0.15) is 18.9 Å². The van der Waals surface area contributed by atoms with Gasteiger partial charge in [0.25, 0.3) is 0 Å². The highest BCUT2D eigenvalue weighted by molar-refractivity contribution is 6.32. The zero-order chi connectivity index (χ0) is 16.4. The molecule has 1 aromatic rings. The van der Waals surface area contributed by atoms with E-state index in [0.717, 1.165) is 0 Å². The number of carbonyl (C=O) groups is 1. The van der Waals surface area contributed by atoms with Crippen LogP contribution in [-0.2, 0) is 0 Å². The minimum absolute atomic E-state index is 0.0318. The van der Waals surface area contributed by atoms with E-state index < -0.39 is 30.1 Å². The van der Waals surface area contributed by atoms with Gasteiger partial charge in [-0.2, -0.15) is 5.26 Å². The van der Waals surface area contributed by atoms with Gasteiger partial charge in [0.2, 0.25) is 0 Å². The number of amides is 2. The van der Waals surface area contributed by atoms with Crippen molar-refractivity contribution < 1.29 is 19.4 Å². The van der Waals surface area contributed by atoms with Crippen LogP contribution < -0.4 is 5.32 Å². The third-order valence-electron chi connectivity index (χ3n) is 3.62. The second kappa shape index (κ2) is 6.48. The number of nitrogens with zero attached hydrogens (tertiary/aromatic N) is 2. The summed E-state index contributed by atoms with van der Waals surface area (Å²) >= 11 is 5.70. The Hall–Kier alpha value is -1.88. The van der Waals surface area contributed by atoms with Crippen LogP contribution in [0, 0.1) is 17.1 Å². The SMILES string of the molecule is C[C@H](O)[C@@H]1C(O)CCN1C(=O)Nc1ccc(C#N)c(Cl)c1F. The zero-order valence-electron chi connectivity index (χ0n) is 11.8. The van der Waals surface area contributed by atoms with E-state index in [1.807, 2.05) is 0 Å². The van der Waals surface area contributed by atoms with Gasteiger partial charge in [-0.1, -0.05) is 11.6 Å². The number of aliphatic hydroxyl groups excluding tert-OH is 2. The smallest absolute Gasteiger partial charge is 0.322 e. The second-order valence-corrected chi connectivity index (χ2v) is 5.49. The molecule has 1 unspecified atom stereocenters. The average Bonchev–Trinajstić information content (AvgIpc) is 2.86. The predicted molar refractivity (Wildman–Crippen MR) is 77.9 cm³/mol.